The highest BCUT2D eigenvalue weighted by Crippen LogP contribution is 2.25. The Morgan fingerprint density at radius 2 is 2.04 bits per heavy atom. The predicted octanol–water partition coefficient (Wildman–Crippen LogP) is 3.06. The summed E-state index contributed by atoms with van der Waals surface area (Å²) in [4.78, 5) is 24.8. The third-order valence-corrected chi connectivity index (χ3v) is 4.27. The molecule has 1 amide bonds. The summed E-state index contributed by atoms with van der Waals surface area (Å²) in [5.41, 5.74) is 1.21. The first kappa shape index (κ1) is 15.3. The van der Waals surface area contributed by atoms with E-state index < -0.39 is 11.5 Å². The van der Waals surface area contributed by atoms with Crippen LogP contribution in [-0.2, 0) is 0 Å². The second-order valence-corrected chi connectivity index (χ2v) is 5.75. The van der Waals surface area contributed by atoms with Crippen LogP contribution >= 0.6 is 11.7 Å². The van der Waals surface area contributed by atoms with Crippen LogP contribution in [-0.4, -0.2) is 21.8 Å². The number of carbonyl (C=O) groups excluding carboxylic acids is 1. The van der Waals surface area contributed by atoms with E-state index in [9.17, 15) is 9.59 Å². The molecule has 0 bridgehead atoms. The van der Waals surface area contributed by atoms with Crippen LogP contribution in [0.25, 0.3) is 22.0 Å². The van der Waals surface area contributed by atoms with Crippen LogP contribution in [0.3, 0.4) is 0 Å². The van der Waals surface area contributed by atoms with Crippen LogP contribution in [0.5, 0.6) is 5.75 Å². The first-order valence-corrected chi connectivity index (χ1v) is 8.04. The number of aromatic nitrogens is 2. The maximum Gasteiger partial charge on any atom is 0.349 e. The van der Waals surface area contributed by atoms with Crippen molar-refractivity contribution in [2.24, 2.45) is 0 Å². The number of carbonyl (C=O) groups is 1. The van der Waals surface area contributed by atoms with Gasteiger partial charge in [-0.15, -0.1) is 0 Å². The molecular weight excluding hydrogens is 342 g/mol. The molecule has 2 aromatic heterocycles. The molecule has 4 rings (SSSR count). The lowest BCUT2D eigenvalue weighted by atomic mass is 10.1. The minimum absolute atomic E-state index is 0.0963. The van der Waals surface area contributed by atoms with Crippen molar-refractivity contribution in [3.05, 3.63) is 58.4 Å². The molecule has 0 aliphatic carbocycles. The zero-order chi connectivity index (χ0) is 17.4. The number of fused-ring (bicyclic) bond motifs is 2. The first-order chi connectivity index (χ1) is 12.2. The van der Waals surface area contributed by atoms with Gasteiger partial charge in [0.25, 0.3) is 5.91 Å². The van der Waals surface area contributed by atoms with Gasteiger partial charge in [0.05, 0.1) is 24.5 Å². The Morgan fingerprint density at radius 1 is 1.20 bits per heavy atom. The molecule has 0 aliphatic heterocycles. The fraction of sp³-hybridized carbons (Fsp3) is 0.0588. The maximum atomic E-state index is 12.6. The van der Waals surface area contributed by atoms with Crippen LogP contribution in [0.15, 0.2) is 51.7 Å². The molecule has 124 valence electrons. The number of methoxy groups -OCH3 is 1. The van der Waals surface area contributed by atoms with Gasteiger partial charge in [0.2, 0.25) is 0 Å². The van der Waals surface area contributed by atoms with Crippen LogP contribution in [0.4, 0.5) is 5.69 Å². The predicted molar refractivity (Wildman–Crippen MR) is 94.4 cm³/mol. The second-order valence-electron chi connectivity index (χ2n) is 5.22. The van der Waals surface area contributed by atoms with Crippen molar-refractivity contribution < 1.29 is 13.9 Å². The zero-order valence-corrected chi connectivity index (χ0v) is 13.8. The highest BCUT2D eigenvalue weighted by atomic mass is 32.1. The number of nitrogens with one attached hydrogen (secondary N) is 1. The summed E-state index contributed by atoms with van der Waals surface area (Å²) in [6.07, 6.45) is 0. The minimum atomic E-state index is -0.738. The summed E-state index contributed by atoms with van der Waals surface area (Å²) in [5, 5.41) is 3.29. The Balaban J connectivity index is 1.76. The third-order valence-electron chi connectivity index (χ3n) is 3.72. The molecule has 2 heterocycles. The van der Waals surface area contributed by atoms with Crippen LogP contribution in [0, 0.1) is 0 Å². The Kier molecular flexibility index (Phi) is 3.66. The Morgan fingerprint density at radius 3 is 2.88 bits per heavy atom. The number of amides is 1. The van der Waals surface area contributed by atoms with Gasteiger partial charge in [0, 0.05) is 5.39 Å². The molecule has 4 aromatic rings. The average molecular weight is 353 g/mol. The fourth-order valence-corrected chi connectivity index (χ4v) is 3.08. The molecule has 0 saturated heterocycles. The molecule has 1 N–H and O–H groups in total. The molecule has 0 atom stereocenters. The molecule has 0 radical (unpaired) electrons. The fourth-order valence-electron chi connectivity index (χ4n) is 2.53. The van der Waals surface area contributed by atoms with E-state index in [0.29, 0.717) is 33.4 Å². The van der Waals surface area contributed by atoms with E-state index in [0.717, 1.165) is 11.7 Å². The summed E-state index contributed by atoms with van der Waals surface area (Å²) in [6, 6.07) is 11.9. The average Bonchev–Trinajstić information content (AvgIpc) is 3.10. The summed E-state index contributed by atoms with van der Waals surface area (Å²) in [5.74, 6) is -0.140. The number of anilines is 1. The topological polar surface area (TPSA) is 94.3 Å². The van der Waals surface area contributed by atoms with Crippen molar-refractivity contribution in [1.29, 1.82) is 0 Å². The molecule has 25 heavy (non-hydrogen) atoms. The van der Waals surface area contributed by atoms with Gasteiger partial charge in [-0.05, 0) is 24.3 Å². The standard InChI is InChI=1S/C17H11N3O4S/c1-23-13-7-2-4-9-8-10(17(22)24-15(9)13)16(21)18-11-5-3-6-12-14(11)20-25-19-12/h2-8H,1H3,(H,18,21). The van der Waals surface area contributed by atoms with Crippen molar-refractivity contribution in [3.8, 4) is 5.75 Å². The van der Waals surface area contributed by atoms with Gasteiger partial charge in [-0.25, -0.2) is 4.79 Å². The molecule has 7 nitrogen and oxygen atoms in total. The highest BCUT2D eigenvalue weighted by Gasteiger charge is 2.17. The smallest absolute Gasteiger partial charge is 0.349 e. The van der Waals surface area contributed by atoms with Crippen molar-refractivity contribution >= 4 is 45.3 Å². The van der Waals surface area contributed by atoms with E-state index in [1.165, 1.54) is 13.2 Å². The maximum absolute atomic E-state index is 12.6. The quantitative estimate of drug-likeness (QED) is 0.569. The minimum Gasteiger partial charge on any atom is -0.493 e. The lowest BCUT2D eigenvalue weighted by Gasteiger charge is -2.07. The van der Waals surface area contributed by atoms with Gasteiger partial charge in [-0.3, -0.25) is 4.79 Å². The lowest BCUT2D eigenvalue weighted by molar-refractivity contribution is 0.102. The van der Waals surface area contributed by atoms with Gasteiger partial charge in [0.1, 0.15) is 16.6 Å². The van der Waals surface area contributed by atoms with E-state index in [4.69, 9.17) is 9.15 Å². The number of ether oxygens (including phenoxy) is 1. The van der Waals surface area contributed by atoms with Crippen LogP contribution in [0.2, 0.25) is 0 Å². The number of hydrogen-bond donors (Lipinski definition) is 1. The third kappa shape index (κ3) is 2.62. The molecular formula is C17H11N3O4S. The summed E-state index contributed by atoms with van der Waals surface area (Å²) >= 11 is 1.05. The van der Waals surface area contributed by atoms with Gasteiger partial charge in [0.15, 0.2) is 11.3 Å². The van der Waals surface area contributed by atoms with E-state index in [1.807, 2.05) is 0 Å². The van der Waals surface area contributed by atoms with Gasteiger partial charge >= 0.3 is 5.63 Å². The first-order valence-electron chi connectivity index (χ1n) is 7.31. The van der Waals surface area contributed by atoms with Crippen molar-refractivity contribution in [2.45, 2.75) is 0 Å². The van der Waals surface area contributed by atoms with Gasteiger partial charge in [-0.2, -0.15) is 8.75 Å². The Labute approximate surface area is 145 Å². The number of nitrogens with zero attached hydrogens (tertiary/aromatic N) is 2. The van der Waals surface area contributed by atoms with E-state index >= 15 is 0 Å². The van der Waals surface area contributed by atoms with Crippen LogP contribution in [0.1, 0.15) is 10.4 Å². The molecule has 2 aromatic carbocycles. The van der Waals surface area contributed by atoms with Crippen molar-refractivity contribution in [2.75, 3.05) is 12.4 Å². The monoisotopic (exact) mass is 353 g/mol. The van der Waals surface area contributed by atoms with Gasteiger partial charge < -0.3 is 14.5 Å². The summed E-state index contributed by atoms with van der Waals surface area (Å²) in [7, 11) is 1.48. The number of hydrogen-bond acceptors (Lipinski definition) is 7. The summed E-state index contributed by atoms with van der Waals surface area (Å²) in [6.45, 7) is 0. The Hall–Kier alpha value is -3.26. The molecule has 0 unspecified atom stereocenters. The molecule has 0 saturated carbocycles. The lowest BCUT2D eigenvalue weighted by Crippen LogP contribution is -2.20. The number of para-hydroxylation sites is 1. The number of rotatable bonds is 3. The molecule has 0 spiro atoms. The largest absolute Gasteiger partial charge is 0.493 e. The number of benzene rings is 2. The van der Waals surface area contributed by atoms with Crippen molar-refractivity contribution in [1.82, 2.24) is 8.75 Å². The zero-order valence-electron chi connectivity index (χ0n) is 13.0. The molecule has 0 aliphatic rings. The normalized spacial score (nSPS) is 10.9. The molecule has 8 heteroatoms. The van der Waals surface area contributed by atoms with E-state index in [-0.39, 0.29) is 5.56 Å². The van der Waals surface area contributed by atoms with Gasteiger partial charge in [-0.1, -0.05) is 18.2 Å². The highest BCUT2D eigenvalue weighted by molar-refractivity contribution is 7.00. The van der Waals surface area contributed by atoms with Crippen LogP contribution < -0.4 is 15.7 Å². The SMILES string of the molecule is COc1cccc2cc(C(=O)Nc3cccc4nsnc34)c(=O)oc12. The molecule has 0 fully saturated rings. The van der Waals surface area contributed by atoms with Crippen molar-refractivity contribution in [3.63, 3.8) is 0 Å². The van der Waals surface area contributed by atoms with E-state index in [1.54, 1.807) is 36.4 Å². The second kappa shape index (κ2) is 5.99. The van der Waals surface area contributed by atoms with E-state index in [2.05, 4.69) is 14.1 Å². The Bertz CT molecular complexity index is 1170. The summed E-state index contributed by atoms with van der Waals surface area (Å²) < 4.78 is 18.7.